The Kier molecular flexibility index (Phi) is 6.45. The van der Waals surface area contributed by atoms with E-state index in [1.165, 1.54) is 5.56 Å². The fourth-order valence-electron chi connectivity index (χ4n) is 3.78. The van der Waals surface area contributed by atoms with Crippen LogP contribution < -0.4 is 4.90 Å². The summed E-state index contributed by atoms with van der Waals surface area (Å²) >= 11 is 8.27. The van der Waals surface area contributed by atoms with Crippen LogP contribution in [0.3, 0.4) is 0 Å². The van der Waals surface area contributed by atoms with Crippen LogP contribution in [0.25, 0.3) is 0 Å². The first-order valence-corrected chi connectivity index (χ1v) is 11.2. The van der Waals surface area contributed by atoms with E-state index < -0.39 is 0 Å². The van der Waals surface area contributed by atoms with Crippen molar-refractivity contribution in [2.24, 2.45) is 0 Å². The maximum atomic E-state index is 13.0. The summed E-state index contributed by atoms with van der Waals surface area (Å²) < 4.78 is 5.41. The number of carbonyl (C=O) groups is 1. The van der Waals surface area contributed by atoms with E-state index in [0.29, 0.717) is 5.25 Å². The zero-order valence-corrected chi connectivity index (χ0v) is 17.4. The van der Waals surface area contributed by atoms with Gasteiger partial charge in [-0.15, -0.1) is 0 Å². The second-order valence-corrected chi connectivity index (χ2v) is 8.83. The number of carbonyl (C=O) groups excluding carboxylic acids is 1. The van der Waals surface area contributed by atoms with Crippen LogP contribution in [0.2, 0.25) is 5.02 Å². The zero-order chi connectivity index (χ0) is 19.3. The molecule has 4 rings (SSSR count). The molecule has 2 aliphatic heterocycles. The quantitative estimate of drug-likeness (QED) is 0.737. The first-order valence-electron chi connectivity index (χ1n) is 9.80. The number of ether oxygens (including phenoxy) is 1. The number of amides is 1. The van der Waals surface area contributed by atoms with E-state index in [9.17, 15) is 4.79 Å². The van der Waals surface area contributed by atoms with Crippen LogP contribution >= 0.6 is 23.4 Å². The Hall–Kier alpha value is -1.69. The van der Waals surface area contributed by atoms with Gasteiger partial charge in [0, 0.05) is 53.5 Å². The normalized spacial score (nSPS) is 20.7. The molecule has 6 heteroatoms. The maximum Gasteiger partial charge on any atom is 0.253 e. The van der Waals surface area contributed by atoms with Gasteiger partial charge in [-0.3, -0.25) is 4.79 Å². The summed E-state index contributed by atoms with van der Waals surface area (Å²) in [6, 6.07) is 16.1. The second kappa shape index (κ2) is 9.21. The molecule has 28 heavy (non-hydrogen) atoms. The lowest BCUT2D eigenvalue weighted by atomic mass is 10.1. The van der Waals surface area contributed by atoms with Gasteiger partial charge in [0.2, 0.25) is 0 Å². The Bertz CT molecular complexity index is 808. The van der Waals surface area contributed by atoms with Crippen molar-refractivity contribution >= 4 is 35.0 Å². The van der Waals surface area contributed by atoms with Gasteiger partial charge in [0.25, 0.3) is 5.91 Å². The highest BCUT2D eigenvalue weighted by atomic mass is 35.5. The lowest BCUT2D eigenvalue weighted by Crippen LogP contribution is -2.36. The first-order chi connectivity index (χ1) is 13.7. The molecule has 2 fully saturated rings. The number of anilines is 1. The van der Waals surface area contributed by atoms with Crippen LogP contribution in [0.4, 0.5) is 5.69 Å². The van der Waals surface area contributed by atoms with E-state index in [4.69, 9.17) is 16.3 Å². The van der Waals surface area contributed by atoms with E-state index in [-0.39, 0.29) is 5.91 Å². The number of hydrogen-bond donors (Lipinski definition) is 0. The minimum Gasteiger partial charge on any atom is -0.378 e. The Labute approximate surface area is 175 Å². The average Bonchev–Trinajstić information content (AvgIpc) is 3.00. The van der Waals surface area contributed by atoms with Crippen LogP contribution in [0.15, 0.2) is 48.5 Å². The highest BCUT2D eigenvalue weighted by Gasteiger charge is 2.24. The third-order valence-corrected chi connectivity index (χ3v) is 7.03. The van der Waals surface area contributed by atoms with Gasteiger partial charge < -0.3 is 14.5 Å². The van der Waals surface area contributed by atoms with Gasteiger partial charge in [-0.1, -0.05) is 29.8 Å². The summed E-state index contributed by atoms with van der Waals surface area (Å²) in [6.07, 6.45) is 0.923. The molecule has 0 bridgehead atoms. The summed E-state index contributed by atoms with van der Waals surface area (Å²) in [4.78, 5) is 17.3. The van der Waals surface area contributed by atoms with Crippen LogP contribution in [-0.2, 0) is 4.74 Å². The topological polar surface area (TPSA) is 32.8 Å². The van der Waals surface area contributed by atoms with Gasteiger partial charge in [-0.05, 0) is 42.3 Å². The number of halogens is 1. The molecule has 0 radical (unpaired) electrons. The number of morpholine rings is 1. The second-order valence-electron chi connectivity index (χ2n) is 7.11. The predicted molar refractivity (Wildman–Crippen MR) is 117 cm³/mol. The minimum atomic E-state index is 0.119. The summed E-state index contributed by atoms with van der Waals surface area (Å²) in [6.45, 7) is 4.86. The van der Waals surface area contributed by atoms with E-state index >= 15 is 0 Å². The average molecular weight is 417 g/mol. The maximum absolute atomic E-state index is 13.0. The van der Waals surface area contributed by atoms with Crippen molar-refractivity contribution in [3.05, 3.63) is 64.7 Å². The summed E-state index contributed by atoms with van der Waals surface area (Å²) in [5.74, 6) is 1.04. The van der Waals surface area contributed by atoms with Crippen LogP contribution in [0.5, 0.6) is 0 Å². The first kappa shape index (κ1) is 19.6. The van der Waals surface area contributed by atoms with Crippen molar-refractivity contribution in [3.63, 3.8) is 0 Å². The molecule has 4 nitrogen and oxygen atoms in total. The van der Waals surface area contributed by atoms with E-state index in [1.54, 1.807) is 0 Å². The highest BCUT2D eigenvalue weighted by molar-refractivity contribution is 7.99. The summed E-state index contributed by atoms with van der Waals surface area (Å²) in [5.41, 5.74) is 3.10. The SMILES string of the molecule is O=C(c1ccc(N2CCOCC2)cc1)N1CCS[C@@H](c2ccccc2Cl)CC1. The van der Waals surface area contributed by atoms with Gasteiger partial charge >= 0.3 is 0 Å². The molecular weight excluding hydrogens is 392 g/mol. The van der Waals surface area contributed by atoms with Crippen molar-refractivity contribution in [1.29, 1.82) is 0 Å². The molecule has 0 saturated carbocycles. The van der Waals surface area contributed by atoms with Gasteiger partial charge in [0.15, 0.2) is 0 Å². The van der Waals surface area contributed by atoms with Gasteiger partial charge in [0.05, 0.1) is 13.2 Å². The molecule has 148 valence electrons. The number of nitrogens with zero attached hydrogens (tertiary/aromatic N) is 2. The van der Waals surface area contributed by atoms with Gasteiger partial charge in [0.1, 0.15) is 0 Å². The van der Waals surface area contributed by atoms with Crippen molar-refractivity contribution in [2.45, 2.75) is 11.7 Å². The molecule has 0 aliphatic carbocycles. The lowest BCUT2D eigenvalue weighted by Gasteiger charge is -2.29. The molecule has 0 spiro atoms. The highest BCUT2D eigenvalue weighted by Crippen LogP contribution is 2.38. The number of rotatable bonds is 3. The molecule has 2 aromatic carbocycles. The fraction of sp³-hybridized carbons (Fsp3) is 0.409. The summed E-state index contributed by atoms with van der Waals surface area (Å²) in [5, 5.41) is 1.16. The van der Waals surface area contributed by atoms with Crippen molar-refractivity contribution in [3.8, 4) is 0 Å². The molecule has 0 N–H and O–H groups in total. The molecule has 2 saturated heterocycles. The Morgan fingerprint density at radius 3 is 2.50 bits per heavy atom. The number of thioether (sulfide) groups is 1. The molecule has 0 unspecified atom stereocenters. The number of benzene rings is 2. The fourth-order valence-corrected chi connectivity index (χ4v) is 5.38. The standard InChI is InChI=1S/C22H25ClN2O2S/c23-20-4-2-1-3-19(20)21-9-10-25(13-16-28-21)22(26)17-5-7-18(8-6-17)24-11-14-27-15-12-24/h1-8,21H,9-16H2/t21-/m1/s1. The predicted octanol–water partition coefficient (Wildman–Crippen LogP) is 4.50. The van der Waals surface area contributed by atoms with Crippen molar-refractivity contribution in [2.75, 3.05) is 50.0 Å². The Morgan fingerprint density at radius 1 is 1.00 bits per heavy atom. The Balaban J connectivity index is 1.40. The Morgan fingerprint density at radius 2 is 1.75 bits per heavy atom. The minimum absolute atomic E-state index is 0.119. The molecule has 1 amide bonds. The summed E-state index contributed by atoms with van der Waals surface area (Å²) in [7, 11) is 0. The molecule has 2 aliphatic rings. The third kappa shape index (κ3) is 4.48. The molecule has 2 heterocycles. The van der Waals surface area contributed by atoms with Crippen molar-refractivity contribution in [1.82, 2.24) is 4.90 Å². The van der Waals surface area contributed by atoms with Gasteiger partial charge in [-0.2, -0.15) is 11.8 Å². The van der Waals surface area contributed by atoms with Crippen LogP contribution in [0, 0.1) is 0 Å². The largest absolute Gasteiger partial charge is 0.378 e. The lowest BCUT2D eigenvalue weighted by molar-refractivity contribution is 0.0766. The zero-order valence-electron chi connectivity index (χ0n) is 15.9. The van der Waals surface area contributed by atoms with Crippen LogP contribution in [-0.4, -0.2) is 56.0 Å². The van der Waals surface area contributed by atoms with Crippen LogP contribution in [0.1, 0.15) is 27.6 Å². The number of hydrogen-bond acceptors (Lipinski definition) is 4. The van der Waals surface area contributed by atoms with E-state index in [1.807, 2.05) is 47.0 Å². The van der Waals surface area contributed by atoms with E-state index in [0.717, 1.165) is 67.8 Å². The third-order valence-electron chi connectivity index (χ3n) is 5.37. The monoisotopic (exact) mass is 416 g/mol. The van der Waals surface area contributed by atoms with E-state index in [2.05, 4.69) is 23.1 Å². The molecular formula is C22H25ClN2O2S. The smallest absolute Gasteiger partial charge is 0.253 e. The molecule has 0 aromatic heterocycles. The van der Waals surface area contributed by atoms with Gasteiger partial charge in [-0.25, -0.2) is 0 Å². The molecule has 1 atom stereocenters. The van der Waals surface area contributed by atoms with Crippen molar-refractivity contribution < 1.29 is 9.53 Å². The molecule has 2 aromatic rings.